The van der Waals surface area contributed by atoms with Gasteiger partial charge in [-0.25, -0.2) is 4.68 Å². The predicted molar refractivity (Wildman–Crippen MR) is 108 cm³/mol. The second kappa shape index (κ2) is 8.21. The third-order valence-corrected chi connectivity index (χ3v) is 6.39. The highest BCUT2D eigenvalue weighted by atomic mass is 35.5. The van der Waals surface area contributed by atoms with Gasteiger partial charge in [-0.05, 0) is 49.9 Å². The van der Waals surface area contributed by atoms with Crippen LogP contribution in [0.4, 0.5) is 5.82 Å². The minimum atomic E-state index is 0.00158. The first-order valence-electron chi connectivity index (χ1n) is 9.64. The van der Waals surface area contributed by atoms with E-state index in [9.17, 15) is 4.79 Å². The highest BCUT2D eigenvalue weighted by Crippen LogP contribution is 2.35. The Balaban J connectivity index is 1.41. The standard InChI is InChI=1S/C20H24Cl2N4O/c21-16-8-7-14(12-17(16)22)18-6-3-11-25(18)13-20(27)24-19-9-10-23-26(19)15-4-1-2-5-15/h7-10,12,15,18H,1-6,11,13H2,(H,24,27). The van der Waals surface area contributed by atoms with Crippen LogP contribution in [0.25, 0.3) is 0 Å². The van der Waals surface area contributed by atoms with Crippen LogP contribution in [0.15, 0.2) is 30.5 Å². The van der Waals surface area contributed by atoms with Gasteiger partial charge in [-0.15, -0.1) is 0 Å². The van der Waals surface area contributed by atoms with Crippen LogP contribution in [0.2, 0.25) is 10.0 Å². The molecule has 1 aliphatic carbocycles. The number of halogens is 2. The average molecular weight is 407 g/mol. The van der Waals surface area contributed by atoms with E-state index in [1.54, 1.807) is 6.20 Å². The average Bonchev–Trinajstić information content (AvgIpc) is 3.38. The van der Waals surface area contributed by atoms with Gasteiger partial charge in [0.2, 0.25) is 5.91 Å². The quantitative estimate of drug-likeness (QED) is 0.752. The van der Waals surface area contributed by atoms with Crippen molar-refractivity contribution >= 4 is 34.9 Å². The second-order valence-corrected chi connectivity index (χ2v) is 8.26. The SMILES string of the molecule is O=C(CN1CCCC1c1ccc(Cl)c(Cl)c1)Nc1ccnn1C1CCCC1. The second-order valence-electron chi connectivity index (χ2n) is 7.45. The minimum absolute atomic E-state index is 0.00158. The molecular formula is C20H24Cl2N4O. The van der Waals surface area contributed by atoms with Crippen molar-refractivity contribution in [2.75, 3.05) is 18.4 Å². The molecule has 1 unspecified atom stereocenters. The smallest absolute Gasteiger partial charge is 0.239 e. The molecule has 2 heterocycles. The molecule has 2 fully saturated rings. The summed E-state index contributed by atoms with van der Waals surface area (Å²) < 4.78 is 1.98. The van der Waals surface area contributed by atoms with Crippen molar-refractivity contribution in [2.45, 2.75) is 50.6 Å². The minimum Gasteiger partial charge on any atom is -0.310 e. The van der Waals surface area contributed by atoms with Crippen molar-refractivity contribution in [2.24, 2.45) is 0 Å². The highest BCUT2D eigenvalue weighted by Gasteiger charge is 2.28. The molecule has 1 saturated heterocycles. The first kappa shape index (κ1) is 18.8. The Kier molecular flexibility index (Phi) is 5.71. The Labute approximate surface area is 169 Å². The lowest BCUT2D eigenvalue weighted by molar-refractivity contribution is -0.117. The molecule has 1 atom stereocenters. The van der Waals surface area contributed by atoms with Crippen molar-refractivity contribution < 1.29 is 4.79 Å². The van der Waals surface area contributed by atoms with Gasteiger partial charge >= 0.3 is 0 Å². The Morgan fingerprint density at radius 3 is 2.70 bits per heavy atom. The molecule has 5 nitrogen and oxygen atoms in total. The molecule has 7 heteroatoms. The zero-order valence-corrected chi connectivity index (χ0v) is 16.7. The Morgan fingerprint density at radius 1 is 1.11 bits per heavy atom. The Bertz CT molecular complexity index is 816. The molecule has 1 aliphatic heterocycles. The van der Waals surface area contributed by atoms with E-state index < -0.39 is 0 Å². The van der Waals surface area contributed by atoms with Gasteiger partial charge in [0, 0.05) is 12.1 Å². The van der Waals surface area contributed by atoms with Crippen LogP contribution in [-0.4, -0.2) is 33.7 Å². The summed E-state index contributed by atoms with van der Waals surface area (Å²) >= 11 is 12.2. The zero-order valence-electron chi connectivity index (χ0n) is 15.2. The van der Waals surface area contributed by atoms with Crippen LogP contribution >= 0.6 is 23.2 Å². The molecule has 2 aliphatic rings. The van der Waals surface area contributed by atoms with E-state index in [0.717, 1.165) is 43.6 Å². The van der Waals surface area contributed by atoms with E-state index in [-0.39, 0.29) is 11.9 Å². The van der Waals surface area contributed by atoms with Crippen LogP contribution in [0, 0.1) is 0 Å². The number of amides is 1. The zero-order chi connectivity index (χ0) is 18.8. The van der Waals surface area contributed by atoms with Gasteiger partial charge in [0.15, 0.2) is 0 Å². The number of likely N-dealkylation sites (tertiary alicyclic amines) is 1. The molecule has 0 spiro atoms. The number of aromatic nitrogens is 2. The summed E-state index contributed by atoms with van der Waals surface area (Å²) in [6, 6.07) is 8.24. The van der Waals surface area contributed by atoms with Crippen molar-refractivity contribution in [3.63, 3.8) is 0 Å². The summed E-state index contributed by atoms with van der Waals surface area (Å²) in [5, 5.41) is 8.60. The lowest BCUT2D eigenvalue weighted by Crippen LogP contribution is -2.33. The van der Waals surface area contributed by atoms with Crippen LogP contribution < -0.4 is 5.32 Å². The molecule has 1 amide bonds. The van der Waals surface area contributed by atoms with Crippen molar-refractivity contribution in [3.05, 3.63) is 46.1 Å². The molecule has 1 aromatic carbocycles. The molecule has 27 heavy (non-hydrogen) atoms. The van der Waals surface area contributed by atoms with E-state index in [2.05, 4.69) is 15.3 Å². The summed E-state index contributed by atoms with van der Waals surface area (Å²) in [6.07, 6.45) is 8.59. The highest BCUT2D eigenvalue weighted by molar-refractivity contribution is 6.42. The van der Waals surface area contributed by atoms with Gasteiger partial charge in [0.05, 0.1) is 28.8 Å². The summed E-state index contributed by atoms with van der Waals surface area (Å²) in [4.78, 5) is 14.9. The molecule has 0 radical (unpaired) electrons. The number of hydrogen-bond acceptors (Lipinski definition) is 3. The Hall–Kier alpha value is -1.56. The van der Waals surface area contributed by atoms with E-state index in [0.29, 0.717) is 22.6 Å². The third-order valence-electron chi connectivity index (χ3n) is 5.65. The van der Waals surface area contributed by atoms with Crippen molar-refractivity contribution in [3.8, 4) is 0 Å². The lowest BCUT2D eigenvalue weighted by Gasteiger charge is -2.24. The lowest BCUT2D eigenvalue weighted by atomic mass is 10.0. The van der Waals surface area contributed by atoms with Crippen LogP contribution in [-0.2, 0) is 4.79 Å². The number of anilines is 1. The number of nitrogens with zero attached hydrogens (tertiary/aromatic N) is 3. The topological polar surface area (TPSA) is 50.2 Å². The number of nitrogens with one attached hydrogen (secondary N) is 1. The van der Waals surface area contributed by atoms with E-state index in [1.165, 1.54) is 12.8 Å². The van der Waals surface area contributed by atoms with Crippen molar-refractivity contribution in [1.82, 2.24) is 14.7 Å². The fraction of sp³-hybridized carbons (Fsp3) is 0.500. The summed E-state index contributed by atoms with van der Waals surface area (Å²) in [5.74, 6) is 0.805. The van der Waals surface area contributed by atoms with E-state index in [1.807, 2.05) is 28.9 Å². The third kappa shape index (κ3) is 4.15. The van der Waals surface area contributed by atoms with E-state index in [4.69, 9.17) is 23.2 Å². The molecule has 2 aromatic rings. The fourth-order valence-electron chi connectivity index (χ4n) is 4.33. The summed E-state index contributed by atoms with van der Waals surface area (Å²) in [6.45, 7) is 1.26. The summed E-state index contributed by atoms with van der Waals surface area (Å²) in [7, 11) is 0. The van der Waals surface area contributed by atoms with Gasteiger partial charge in [0.1, 0.15) is 5.82 Å². The maximum atomic E-state index is 12.7. The number of rotatable bonds is 5. The molecule has 0 bridgehead atoms. The molecular weight excluding hydrogens is 383 g/mol. The van der Waals surface area contributed by atoms with Gasteiger partial charge < -0.3 is 5.32 Å². The summed E-state index contributed by atoms with van der Waals surface area (Å²) in [5.41, 5.74) is 1.12. The van der Waals surface area contributed by atoms with Crippen molar-refractivity contribution in [1.29, 1.82) is 0 Å². The first-order chi connectivity index (χ1) is 13.1. The molecule has 1 aromatic heterocycles. The van der Waals surface area contributed by atoms with Gasteiger partial charge in [-0.3, -0.25) is 9.69 Å². The normalized spacial score (nSPS) is 21.0. The number of benzene rings is 1. The van der Waals surface area contributed by atoms with Gasteiger partial charge in [-0.1, -0.05) is 42.1 Å². The monoisotopic (exact) mass is 406 g/mol. The first-order valence-corrected chi connectivity index (χ1v) is 10.4. The van der Waals surface area contributed by atoms with Crippen LogP contribution in [0.3, 0.4) is 0 Å². The largest absolute Gasteiger partial charge is 0.310 e. The molecule has 144 valence electrons. The Morgan fingerprint density at radius 2 is 1.93 bits per heavy atom. The maximum Gasteiger partial charge on any atom is 0.239 e. The number of carbonyl (C=O) groups is 1. The number of carbonyl (C=O) groups excluding carboxylic acids is 1. The maximum absolute atomic E-state index is 12.7. The van der Waals surface area contributed by atoms with Gasteiger partial charge in [-0.2, -0.15) is 5.10 Å². The molecule has 4 rings (SSSR count). The van der Waals surface area contributed by atoms with Gasteiger partial charge in [0.25, 0.3) is 0 Å². The van der Waals surface area contributed by atoms with E-state index >= 15 is 0 Å². The molecule has 1 saturated carbocycles. The van der Waals surface area contributed by atoms with Crippen LogP contribution in [0.1, 0.15) is 56.2 Å². The van der Waals surface area contributed by atoms with Crippen LogP contribution in [0.5, 0.6) is 0 Å². The molecule has 1 N–H and O–H groups in total. The predicted octanol–water partition coefficient (Wildman–Crippen LogP) is 5.08. The fourth-order valence-corrected chi connectivity index (χ4v) is 4.64. The number of hydrogen-bond donors (Lipinski definition) is 1.